The van der Waals surface area contributed by atoms with Gasteiger partial charge in [0.2, 0.25) is 5.91 Å². The van der Waals surface area contributed by atoms with Gasteiger partial charge in [0.1, 0.15) is 0 Å². The van der Waals surface area contributed by atoms with Gasteiger partial charge in [0.15, 0.2) is 0 Å². The maximum absolute atomic E-state index is 11.7. The first-order chi connectivity index (χ1) is 9.04. The lowest BCUT2D eigenvalue weighted by Crippen LogP contribution is -2.44. The summed E-state index contributed by atoms with van der Waals surface area (Å²) < 4.78 is 0. The summed E-state index contributed by atoms with van der Waals surface area (Å²) in [4.78, 5) is 15.1. The Bertz CT molecular complexity index is 405. The molecular weight excluding hydrogens is 258 g/mol. The second kappa shape index (κ2) is 7.62. The zero-order valence-corrected chi connectivity index (χ0v) is 13.1. The summed E-state index contributed by atoms with van der Waals surface area (Å²) >= 11 is 1.73. The summed E-state index contributed by atoms with van der Waals surface area (Å²) in [6.07, 6.45) is 0.895. The van der Waals surface area contributed by atoms with Crippen molar-refractivity contribution in [1.29, 1.82) is 0 Å². The maximum atomic E-state index is 11.7. The first-order valence-electron chi connectivity index (χ1n) is 6.79. The molecular formula is C14H25N3OS. The molecule has 0 radical (unpaired) electrons. The fourth-order valence-corrected chi connectivity index (χ4v) is 3.35. The molecule has 1 heterocycles. The van der Waals surface area contributed by atoms with Crippen molar-refractivity contribution in [3.05, 3.63) is 21.9 Å². The van der Waals surface area contributed by atoms with E-state index in [1.807, 2.05) is 0 Å². The van der Waals surface area contributed by atoms with Gasteiger partial charge < -0.3 is 11.1 Å². The third kappa shape index (κ3) is 4.03. The number of aryl methyl sites for hydroxylation is 1. The predicted molar refractivity (Wildman–Crippen MR) is 81.4 cm³/mol. The number of nitrogens with one attached hydrogen (secondary N) is 1. The van der Waals surface area contributed by atoms with E-state index >= 15 is 0 Å². The van der Waals surface area contributed by atoms with Crippen LogP contribution in [0.25, 0.3) is 0 Å². The van der Waals surface area contributed by atoms with Crippen LogP contribution in [-0.4, -0.2) is 37.0 Å². The Kier molecular flexibility index (Phi) is 6.48. The number of amides is 1. The number of thiophene rings is 1. The van der Waals surface area contributed by atoms with Crippen LogP contribution in [0.5, 0.6) is 0 Å². The van der Waals surface area contributed by atoms with E-state index < -0.39 is 0 Å². The molecule has 19 heavy (non-hydrogen) atoms. The zero-order valence-electron chi connectivity index (χ0n) is 12.3. The van der Waals surface area contributed by atoms with Crippen molar-refractivity contribution in [2.45, 2.75) is 39.3 Å². The Morgan fingerprint density at radius 2 is 2.21 bits per heavy atom. The van der Waals surface area contributed by atoms with Crippen LogP contribution in [0.2, 0.25) is 0 Å². The smallest absolute Gasteiger partial charge is 0.233 e. The Balaban J connectivity index is 3.01. The van der Waals surface area contributed by atoms with E-state index in [-0.39, 0.29) is 18.0 Å². The molecule has 3 N–H and O–H groups in total. The molecule has 108 valence electrons. The Hall–Kier alpha value is -0.910. The molecule has 0 spiro atoms. The quantitative estimate of drug-likeness (QED) is 0.803. The standard InChI is InChI=1S/C14H25N3OS/c1-5-11(15)13(14-10(3)7-8-19-14)17(6-2)9-12(18)16-4/h7-8,11,13H,5-6,9,15H2,1-4H3,(H,16,18). The average Bonchev–Trinajstić information content (AvgIpc) is 2.83. The number of hydrogen-bond acceptors (Lipinski definition) is 4. The van der Waals surface area contributed by atoms with E-state index in [0.29, 0.717) is 6.54 Å². The van der Waals surface area contributed by atoms with Crippen molar-refractivity contribution in [3.63, 3.8) is 0 Å². The zero-order chi connectivity index (χ0) is 14.4. The fraction of sp³-hybridized carbons (Fsp3) is 0.643. The molecule has 1 aromatic heterocycles. The molecule has 1 amide bonds. The van der Waals surface area contributed by atoms with Gasteiger partial charge in [-0.2, -0.15) is 0 Å². The molecule has 0 aliphatic carbocycles. The molecule has 1 rings (SSSR count). The molecule has 4 nitrogen and oxygen atoms in total. The number of hydrogen-bond donors (Lipinski definition) is 2. The van der Waals surface area contributed by atoms with E-state index in [1.54, 1.807) is 18.4 Å². The number of likely N-dealkylation sites (N-methyl/N-ethyl adjacent to an activating group) is 2. The second-order valence-corrected chi connectivity index (χ2v) is 5.67. The van der Waals surface area contributed by atoms with Gasteiger partial charge in [-0.25, -0.2) is 0 Å². The number of nitrogens with zero attached hydrogens (tertiary/aromatic N) is 1. The fourth-order valence-electron chi connectivity index (χ4n) is 2.21. The molecule has 1 aromatic rings. The van der Waals surface area contributed by atoms with Crippen molar-refractivity contribution < 1.29 is 4.79 Å². The summed E-state index contributed by atoms with van der Waals surface area (Å²) in [6, 6.07) is 2.28. The van der Waals surface area contributed by atoms with Gasteiger partial charge in [-0.05, 0) is 36.9 Å². The van der Waals surface area contributed by atoms with Crippen molar-refractivity contribution in [2.24, 2.45) is 5.73 Å². The van der Waals surface area contributed by atoms with Crippen LogP contribution < -0.4 is 11.1 Å². The first kappa shape index (κ1) is 16.1. The Labute approximate surface area is 120 Å². The minimum absolute atomic E-state index is 0.0318. The highest BCUT2D eigenvalue weighted by Crippen LogP contribution is 2.31. The molecule has 0 aliphatic rings. The van der Waals surface area contributed by atoms with Crippen LogP contribution >= 0.6 is 11.3 Å². The first-order valence-corrected chi connectivity index (χ1v) is 7.67. The number of carbonyl (C=O) groups is 1. The molecule has 0 aromatic carbocycles. The lowest BCUT2D eigenvalue weighted by atomic mass is 10.0. The summed E-state index contributed by atoms with van der Waals surface area (Å²) in [5, 5.41) is 4.77. The largest absolute Gasteiger partial charge is 0.358 e. The lowest BCUT2D eigenvalue weighted by Gasteiger charge is -2.34. The van der Waals surface area contributed by atoms with Crippen LogP contribution in [0.1, 0.15) is 36.8 Å². The maximum Gasteiger partial charge on any atom is 0.233 e. The van der Waals surface area contributed by atoms with E-state index in [2.05, 4.69) is 42.4 Å². The van der Waals surface area contributed by atoms with Gasteiger partial charge in [0, 0.05) is 18.0 Å². The molecule has 2 atom stereocenters. The highest BCUT2D eigenvalue weighted by molar-refractivity contribution is 7.10. The summed E-state index contributed by atoms with van der Waals surface area (Å²) in [6.45, 7) is 7.47. The molecule has 0 saturated heterocycles. The van der Waals surface area contributed by atoms with E-state index in [1.165, 1.54) is 10.4 Å². The summed E-state index contributed by atoms with van der Waals surface area (Å²) in [7, 11) is 1.67. The van der Waals surface area contributed by atoms with Gasteiger partial charge in [-0.3, -0.25) is 9.69 Å². The number of nitrogens with two attached hydrogens (primary N) is 1. The van der Waals surface area contributed by atoms with E-state index in [4.69, 9.17) is 5.73 Å². The predicted octanol–water partition coefficient (Wildman–Crippen LogP) is 1.90. The summed E-state index contributed by atoms with van der Waals surface area (Å²) in [5.74, 6) is 0.0318. The van der Waals surface area contributed by atoms with Crippen LogP contribution in [-0.2, 0) is 4.79 Å². The highest BCUT2D eigenvalue weighted by Gasteiger charge is 2.28. The topological polar surface area (TPSA) is 58.4 Å². The van der Waals surface area contributed by atoms with E-state index in [0.717, 1.165) is 13.0 Å². The summed E-state index contributed by atoms with van der Waals surface area (Å²) in [5.41, 5.74) is 7.56. The molecule has 0 saturated carbocycles. The minimum atomic E-state index is 0.0318. The molecule has 0 bridgehead atoms. The third-order valence-corrected chi connectivity index (χ3v) is 4.56. The van der Waals surface area contributed by atoms with E-state index in [9.17, 15) is 4.79 Å². The number of rotatable bonds is 7. The van der Waals surface area contributed by atoms with Gasteiger partial charge in [-0.15, -0.1) is 11.3 Å². The van der Waals surface area contributed by atoms with Crippen LogP contribution in [0.15, 0.2) is 11.4 Å². The second-order valence-electron chi connectivity index (χ2n) is 4.72. The van der Waals surface area contributed by atoms with Gasteiger partial charge in [0.05, 0.1) is 12.6 Å². The number of carbonyl (C=O) groups excluding carboxylic acids is 1. The van der Waals surface area contributed by atoms with Gasteiger partial charge in [0.25, 0.3) is 0 Å². The Morgan fingerprint density at radius 1 is 1.53 bits per heavy atom. The van der Waals surface area contributed by atoms with Gasteiger partial charge >= 0.3 is 0 Å². The monoisotopic (exact) mass is 283 g/mol. The SMILES string of the molecule is CCC(N)C(c1sccc1C)N(CC)CC(=O)NC. The normalized spacial score (nSPS) is 14.4. The van der Waals surface area contributed by atoms with Crippen LogP contribution in [0, 0.1) is 6.92 Å². The van der Waals surface area contributed by atoms with Gasteiger partial charge in [-0.1, -0.05) is 13.8 Å². The van der Waals surface area contributed by atoms with Crippen molar-refractivity contribution in [3.8, 4) is 0 Å². The van der Waals surface area contributed by atoms with Crippen molar-refractivity contribution in [2.75, 3.05) is 20.1 Å². The van der Waals surface area contributed by atoms with Crippen molar-refractivity contribution in [1.82, 2.24) is 10.2 Å². The highest BCUT2D eigenvalue weighted by atomic mass is 32.1. The molecule has 0 aliphatic heterocycles. The van der Waals surface area contributed by atoms with Crippen molar-refractivity contribution >= 4 is 17.2 Å². The van der Waals surface area contributed by atoms with Crippen LogP contribution in [0.4, 0.5) is 0 Å². The molecule has 0 fully saturated rings. The van der Waals surface area contributed by atoms with Crippen LogP contribution in [0.3, 0.4) is 0 Å². The molecule has 2 unspecified atom stereocenters. The minimum Gasteiger partial charge on any atom is -0.358 e. The Morgan fingerprint density at radius 3 is 2.63 bits per heavy atom. The average molecular weight is 283 g/mol. The lowest BCUT2D eigenvalue weighted by molar-refractivity contribution is -0.122. The third-order valence-electron chi connectivity index (χ3n) is 3.47. The molecule has 5 heteroatoms.